The largest absolute Gasteiger partial charge is 0.494 e. The summed E-state index contributed by atoms with van der Waals surface area (Å²) in [6.07, 6.45) is 0. The second kappa shape index (κ2) is 8.77. The maximum absolute atomic E-state index is 12.1. The zero-order chi connectivity index (χ0) is 19.5. The molecule has 1 N–H and O–H groups in total. The quantitative estimate of drug-likeness (QED) is 0.582. The number of aromatic nitrogens is 1. The summed E-state index contributed by atoms with van der Waals surface area (Å²) < 4.78 is 7.55. The summed E-state index contributed by atoms with van der Waals surface area (Å²) in [4.78, 5) is 22.4. The van der Waals surface area contributed by atoms with Crippen LogP contribution in [-0.4, -0.2) is 62.2 Å². The molecule has 1 amide bonds. The molecule has 148 valence electrons. The number of nitrogens with zero attached hydrogens (tertiary/aromatic N) is 3. The average Bonchev–Trinajstić information content (AvgIpc) is 3.34. The first-order valence-electron chi connectivity index (χ1n) is 9.08. The van der Waals surface area contributed by atoms with Gasteiger partial charge in [0.05, 0.1) is 20.5 Å². The molecule has 1 aliphatic rings. The third kappa shape index (κ3) is 4.32. The van der Waals surface area contributed by atoms with Gasteiger partial charge in [0.1, 0.15) is 11.3 Å². The number of methoxy groups -OCH3 is 1. The number of carbonyl (C=O) groups excluding carboxylic acids is 1. The zero-order valence-electron chi connectivity index (χ0n) is 15.5. The van der Waals surface area contributed by atoms with Crippen LogP contribution in [0.15, 0.2) is 34.1 Å². The Morgan fingerprint density at radius 3 is 2.75 bits per heavy atom. The van der Waals surface area contributed by atoms with Crippen LogP contribution in [0.4, 0.5) is 5.13 Å². The van der Waals surface area contributed by atoms with Gasteiger partial charge in [-0.2, -0.15) is 0 Å². The third-order valence-electron chi connectivity index (χ3n) is 4.74. The first-order valence-corrected chi connectivity index (χ1v) is 11.5. The molecule has 1 aromatic carbocycles. The minimum Gasteiger partial charge on any atom is -0.494 e. The molecule has 1 aliphatic heterocycles. The number of halogens is 1. The van der Waals surface area contributed by atoms with E-state index in [1.807, 2.05) is 24.3 Å². The first-order chi connectivity index (χ1) is 13.6. The normalized spacial score (nSPS) is 15.1. The van der Waals surface area contributed by atoms with E-state index in [-0.39, 0.29) is 5.91 Å². The molecule has 28 heavy (non-hydrogen) atoms. The molecular weight excluding hydrogens is 460 g/mol. The van der Waals surface area contributed by atoms with Crippen molar-refractivity contribution in [3.05, 3.63) is 39.0 Å². The molecule has 0 aliphatic carbocycles. The van der Waals surface area contributed by atoms with Crippen LogP contribution in [0.3, 0.4) is 0 Å². The minimum absolute atomic E-state index is 0.00208. The predicted molar refractivity (Wildman–Crippen MR) is 119 cm³/mol. The molecule has 0 atom stereocenters. The van der Waals surface area contributed by atoms with Crippen molar-refractivity contribution in [1.29, 1.82) is 0 Å². The minimum atomic E-state index is -0.00208. The van der Waals surface area contributed by atoms with Crippen LogP contribution in [0.1, 0.15) is 9.67 Å². The molecule has 2 aromatic heterocycles. The second-order valence-electron chi connectivity index (χ2n) is 6.49. The molecule has 0 spiro atoms. The number of carbonyl (C=O) groups is 1. The maximum Gasteiger partial charge on any atom is 0.261 e. The molecule has 3 aromatic rings. The number of piperazine rings is 1. The number of hydrogen-bond donors (Lipinski definition) is 1. The highest BCUT2D eigenvalue weighted by molar-refractivity contribution is 9.11. The number of thiazole rings is 1. The number of thiophene rings is 1. The van der Waals surface area contributed by atoms with E-state index in [4.69, 9.17) is 9.72 Å². The fourth-order valence-electron chi connectivity index (χ4n) is 3.23. The number of hydrogen-bond acceptors (Lipinski definition) is 7. The van der Waals surface area contributed by atoms with Crippen LogP contribution in [0.5, 0.6) is 5.75 Å². The first kappa shape index (κ1) is 19.6. The lowest BCUT2D eigenvalue weighted by molar-refractivity contribution is 0.0952. The lowest BCUT2D eigenvalue weighted by atomic mass is 10.3. The highest BCUT2D eigenvalue weighted by Gasteiger charge is 2.20. The summed E-state index contributed by atoms with van der Waals surface area (Å²) in [5.74, 6) is 0.824. The standard InChI is InChI=1S/C19H21BrN4O2S2/c1-26-13-3-2-4-14-17(13)22-19(28-14)24-11-9-23(10-12-24)8-7-21-18(25)15-5-6-16(20)27-15/h2-6H,7-12H2,1H3,(H,21,25). The van der Waals surface area contributed by atoms with Gasteiger partial charge in [-0.15, -0.1) is 11.3 Å². The third-order valence-corrected chi connectivity index (χ3v) is 7.45. The number of benzene rings is 1. The summed E-state index contributed by atoms with van der Waals surface area (Å²) in [6.45, 7) is 5.33. The Balaban J connectivity index is 1.27. The SMILES string of the molecule is COc1cccc2sc(N3CCN(CCNC(=O)c4ccc(Br)s4)CC3)nc12. The van der Waals surface area contributed by atoms with Gasteiger partial charge in [0, 0.05) is 39.3 Å². The summed E-state index contributed by atoms with van der Waals surface area (Å²) in [7, 11) is 1.68. The van der Waals surface area contributed by atoms with E-state index in [0.717, 1.165) is 62.5 Å². The fraction of sp³-hybridized carbons (Fsp3) is 0.368. The van der Waals surface area contributed by atoms with Gasteiger partial charge in [-0.1, -0.05) is 17.4 Å². The van der Waals surface area contributed by atoms with Gasteiger partial charge in [0.25, 0.3) is 5.91 Å². The Hall–Kier alpha value is -1.68. The van der Waals surface area contributed by atoms with Crippen LogP contribution in [-0.2, 0) is 0 Å². The molecular formula is C19H21BrN4O2S2. The Labute approximate surface area is 180 Å². The van der Waals surface area contributed by atoms with E-state index in [1.165, 1.54) is 11.3 Å². The fourth-order valence-corrected chi connectivity index (χ4v) is 5.56. The van der Waals surface area contributed by atoms with Crippen LogP contribution in [0.25, 0.3) is 10.2 Å². The number of amides is 1. The van der Waals surface area contributed by atoms with Crippen molar-refractivity contribution in [3.63, 3.8) is 0 Å². The Bertz CT molecular complexity index is 966. The van der Waals surface area contributed by atoms with Crippen LogP contribution < -0.4 is 15.0 Å². The van der Waals surface area contributed by atoms with Crippen molar-refractivity contribution in [2.24, 2.45) is 0 Å². The number of para-hydroxylation sites is 1. The van der Waals surface area contributed by atoms with Crippen LogP contribution in [0, 0.1) is 0 Å². The van der Waals surface area contributed by atoms with E-state index in [0.29, 0.717) is 6.54 Å². The van der Waals surface area contributed by atoms with E-state index in [1.54, 1.807) is 18.4 Å². The van der Waals surface area contributed by atoms with Crippen molar-refractivity contribution in [1.82, 2.24) is 15.2 Å². The molecule has 1 fully saturated rings. The van der Waals surface area contributed by atoms with Crippen molar-refractivity contribution in [2.75, 3.05) is 51.3 Å². The van der Waals surface area contributed by atoms with E-state index >= 15 is 0 Å². The number of nitrogens with one attached hydrogen (secondary N) is 1. The highest BCUT2D eigenvalue weighted by atomic mass is 79.9. The van der Waals surface area contributed by atoms with Gasteiger partial charge in [-0.05, 0) is 40.2 Å². The van der Waals surface area contributed by atoms with Gasteiger partial charge in [-0.3, -0.25) is 9.69 Å². The second-order valence-corrected chi connectivity index (χ2v) is 9.96. The smallest absolute Gasteiger partial charge is 0.261 e. The average molecular weight is 481 g/mol. The van der Waals surface area contributed by atoms with Gasteiger partial charge in [0.2, 0.25) is 0 Å². The summed E-state index contributed by atoms with van der Waals surface area (Å²) in [6, 6.07) is 9.79. The topological polar surface area (TPSA) is 57.7 Å². The van der Waals surface area contributed by atoms with Crippen molar-refractivity contribution >= 4 is 59.9 Å². The van der Waals surface area contributed by atoms with Crippen LogP contribution in [0.2, 0.25) is 0 Å². The molecule has 4 rings (SSSR count). The van der Waals surface area contributed by atoms with Crippen LogP contribution >= 0.6 is 38.6 Å². The number of ether oxygens (including phenoxy) is 1. The molecule has 0 bridgehead atoms. The Morgan fingerprint density at radius 2 is 2.04 bits per heavy atom. The highest BCUT2D eigenvalue weighted by Crippen LogP contribution is 2.34. The molecule has 0 saturated carbocycles. The maximum atomic E-state index is 12.1. The van der Waals surface area contributed by atoms with Gasteiger partial charge in [-0.25, -0.2) is 4.98 Å². The summed E-state index contributed by atoms with van der Waals surface area (Å²) in [5.41, 5.74) is 0.940. The number of fused-ring (bicyclic) bond motifs is 1. The molecule has 3 heterocycles. The van der Waals surface area contributed by atoms with Gasteiger partial charge < -0.3 is 15.0 Å². The Kier molecular flexibility index (Phi) is 6.15. The zero-order valence-corrected chi connectivity index (χ0v) is 18.7. The lowest BCUT2D eigenvalue weighted by Crippen LogP contribution is -2.48. The summed E-state index contributed by atoms with van der Waals surface area (Å²) in [5, 5.41) is 4.06. The van der Waals surface area contributed by atoms with E-state index in [9.17, 15) is 4.79 Å². The Morgan fingerprint density at radius 1 is 1.21 bits per heavy atom. The number of rotatable bonds is 6. The van der Waals surface area contributed by atoms with Crippen molar-refractivity contribution in [2.45, 2.75) is 0 Å². The van der Waals surface area contributed by atoms with Gasteiger partial charge >= 0.3 is 0 Å². The molecule has 1 saturated heterocycles. The molecule has 6 nitrogen and oxygen atoms in total. The monoisotopic (exact) mass is 480 g/mol. The molecule has 9 heteroatoms. The number of anilines is 1. The lowest BCUT2D eigenvalue weighted by Gasteiger charge is -2.34. The summed E-state index contributed by atoms with van der Waals surface area (Å²) >= 11 is 6.56. The van der Waals surface area contributed by atoms with E-state index < -0.39 is 0 Å². The predicted octanol–water partition coefficient (Wildman–Crippen LogP) is 3.68. The van der Waals surface area contributed by atoms with Crippen molar-refractivity contribution < 1.29 is 9.53 Å². The van der Waals surface area contributed by atoms with Crippen molar-refractivity contribution in [3.8, 4) is 5.75 Å². The molecule has 0 unspecified atom stereocenters. The van der Waals surface area contributed by atoms with E-state index in [2.05, 4.69) is 37.1 Å². The molecule has 0 radical (unpaired) electrons. The van der Waals surface area contributed by atoms with Gasteiger partial charge in [0.15, 0.2) is 5.13 Å².